The second kappa shape index (κ2) is 2.46. The standard InChI is InChI=1S/C12H14ClNO4/c1-10-6(13)5-9(15)14-3-4-16-11(14,2)12(5,18-10)8-7(10)17-8/h5-8H,3-4H2,1-2H3. The van der Waals surface area contributed by atoms with Crippen molar-refractivity contribution in [2.75, 3.05) is 13.2 Å². The molecule has 0 N–H and O–H groups in total. The van der Waals surface area contributed by atoms with Crippen molar-refractivity contribution in [3.63, 3.8) is 0 Å². The third kappa shape index (κ3) is 0.691. The molecule has 0 aliphatic carbocycles. The van der Waals surface area contributed by atoms with Crippen LogP contribution in [-0.4, -0.2) is 58.5 Å². The van der Waals surface area contributed by atoms with Gasteiger partial charge in [-0.25, -0.2) is 0 Å². The summed E-state index contributed by atoms with van der Waals surface area (Å²) in [6.45, 7) is 5.07. The van der Waals surface area contributed by atoms with Crippen LogP contribution in [0.3, 0.4) is 0 Å². The highest BCUT2D eigenvalue weighted by atomic mass is 35.5. The van der Waals surface area contributed by atoms with Crippen molar-refractivity contribution >= 4 is 17.5 Å². The van der Waals surface area contributed by atoms with Gasteiger partial charge in [-0.2, -0.15) is 0 Å². The molecule has 5 fully saturated rings. The molecule has 1 amide bonds. The van der Waals surface area contributed by atoms with Crippen LogP contribution in [-0.2, 0) is 19.0 Å². The molecular formula is C12H14ClNO4. The first kappa shape index (κ1) is 10.4. The Kier molecular flexibility index (Phi) is 1.43. The largest absolute Gasteiger partial charge is 0.363 e. The number of ether oxygens (including phenoxy) is 3. The van der Waals surface area contributed by atoms with Gasteiger partial charge >= 0.3 is 0 Å². The van der Waals surface area contributed by atoms with Gasteiger partial charge in [-0.05, 0) is 13.8 Å². The van der Waals surface area contributed by atoms with E-state index in [4.69, 9.17) is 25.8 Å². The molecule has 0 aromatic rings. The molecule has 5 nitrogen and oxygen atoms in total. The molecule has 5 aliphatic heterocycles. The molecule has 0 radical (unpaired) electrons. The van der Waals surface area contributed by atoms with E-state index in [-0.39, 0.29) is 29.4 Å². The zero-order valence-electron chi connectivity index (χ0n) is 10.2. The third-order valence-corrected chi connectivity index (χ3v) is 6.33. The van der Waals surface area contributed by atoms with Gasteiger partial charge in [0.15, 0.2) is 11.3 Å². The Hall–Kier alpha value is -0.360. The van der Waals surface area contributed by atoms with Crippen molar-refractivity contribution < 1.29 is 19.0 Å². The van der Waals surface area contributed by atoms with Gasteiger partial charge in [-0.1, -0.05) is 0 Å². The molecule has 6 heteroatoms. The van der Waals surface area contributed by atoms with Gasteiger partial charge in [-0.3, -0.25) is 4.79 Å². The normalized spacial score (nSPS) is 67.3. The van der Waals surface area contributed by atoms with Gasteiger partial charge in [0.2, 0.25) is 5.91 Å². The Balaban J connectivity index is 1.78. The first-order chi connectivity index (χ1) is 8.47. The number of hydrogen-bond donors (Lipinski definition) is 0. The van der Waals surface area contributed by atoms with Crippen LogP contribution in [0.4, 0.5) is 0 Å². The van der Waals surface area contributed by atoms with Crippen molar-refractivity contribution in [2.45, 2.75) is 48.4 Å². The van der Waals surface area contributed by atoms with Gasteiger partial charge in [0.05, 0.1) is 17.9 Å². The molecule has 0 saturated carbocycles. The van der Waals surface area contributed by atoms with Gasteiger partial charge in [-0.15, -0.1) is 11.6 Å². The fourth-order valence-electron chi connectivity index (χ4n) is 4.75. The van der Waals surface area contributed by atoms with Crippen molar-refractivity contribution in [1.29, 1.82) is 0 Å². The van der Waals surface area contributed by atoms with E-state index in [1.54, 1.807) is 4.90 Å². The topological polar surface area (TPSA) is 51.3 Å². The molecule has 5 rings (SSSR count). The number of nitrogens with zero attached hydrogens (tertiary/aromatic N) is 1. The van der Waals surface area contributed by atoms with Crippen LogP contribution >= 0.6 is 11.6 Å². The minimum absolute atomic E-state index is 0.0185. The number of carbonyl (C=O) groups is 1. The molecule has 18 heavy (non-hydrogen) atoms. The summed E-state index contributed by atoms with van der Waals surface area (Å²) in [5, 5.41) is -0.334. The van der Waals surface area contributed by atoms with Crippen LogP contribution < -0.4 is 0 Å². The first-order valence-electron chi connectivity index (χ1n) is 6.42. The summed E-state index contributed by atoms with van der Waals surface area (Å²) in [7, 11) is 0. The molecule has 5 heterocycles. The Morgan fingerprint density at radius 1 is 1.39 bits per heavy atom. The van der Waals surface area contributed by atoms with Crippen molar-refractivity contribution in [3.05, 3.63) is 0 Å². The summed E-state index contributed by atoms with van der Waals surface area (Å²) >= 11 is 6.53. The fraction of sp³-hybridized carbons (Fsp3) is 0.917. The van der Waals surface area contributed by atoms with Gasteiger partial charge in [0, 0.05) is 6.54 Å². The summed E-state index contributed by atoms with van der Waals surface area (Å²) in [4.78, 5) is 14.4. The van der Waals surface area contributed by atoms with Crippen LogP contribution in [0.2, 0.25) is 0 Å². The van der Waals surface area contributed by atoms with Gasteiger partial charge < -0.3 is 19.1 Å². The summed E-state index contributed by atoms with van der Waals surface area (Å²) < 4.78 is 18.0. The van der Waals surface area contributed by atoms with E-state index in [1.807, 2.05) is 13.8 Å². The number of halogens is 1. The molecule has 1 spiro atoms. The van der Waals surface area contributed by atoms with Gasteiger partial charge in [0.1, 0.15) is 17.8 Å². The third-order valence-electron chi connectivity index (χ3n) is 5.64. The van der Waals surface area contributed by atoms with Crippen LogP contribution in [0.5, 0.6) is 0 Å². The number of alkyl halides is 1. The summed E-state index contributed by atoms with van der Waals surface area (Å²) in [5.41, 5.74) is -1.96. The monoisotopic (exact) mass is 271 g/mol. The van der Waals surface area contributed by atoms with E-state index in [2.05, 4.69) is 0 Å². The Morgan fingerprint density at radius 3 is 2.94 bits per heavy atom. The van der Waals surface area contributed by atoms with E-state index in [0.29, 0.717) is 13.2 Å². The minimum Gasteiger partial charge on any atom is -0.363 e. The molecule has 0 aromatic carbocycles. The van der Waals surface area contributed by atoms with Crippen molar-refractivity contribution in [1.82, 2.24) is 4.90 Å². The summed E-state index contributed by atoms with van der Waals surface area (Å²) in [5.74, 6) is -0.272. The van der Waals surface area contributed by atoms with Gasteiger partial charge in [0.25, 0.3) is 0 Å². The average Bonchev–Trinajstić information content (AvgIpc) is 2.85. The lowest BCUT2D eigenvalue weighted by Crippen LogP contribution is -2.58. The molecule has 5 saturated heterocycles. The number of fused-ring (bicyclic) bond motifs is 4. The minimum atomic E-state index is -0.713. The van der Waals surface area contributed by atoms with E-state index in [0.717, 1.165) is 0 Å². The van der Waals surface area contributed by atoms with Crippen molar-refractivity contribution in [3.8, 4) is 0 Å². The second-order valence-electron chi connectivity index (χ2n) is 6.26. The molecule has 5 aliphatic rings. The lowest BCUT2D eigenvalue weighted by Gasteiger charge is -2.39. The smallest absolute Gasteiger partial charge is 0.232 e. The maximum Gasteiger partial charge on any atom is 0.232 e. The van der Waals surface area contributed by atoms with E-state index in [1.165, 1.54) is 0 Å². The molecular weight excluding hydrogens is 258 g/mol. The van der Waals surface area contributed by atoms with Crippen molar-refractivity contribution in [2.24, 2.45) is 5.92 Å². The fourth-order valence-corrected chi connectivity index (χ4v) is 5.21. The number of carbonyl (C=O) groups excluding carboxylic acids is 1. The number of epoxide rings is 1. The number of amides is 1. The average molecular weight is 272 g/mol. The van der Waals surface area contributed by atoms with Crippen LogP contribution in [0.15, 0.2) is 0 Å². The Morgan fingerprint density at radius 2 is 2.17 bits per heavy atom. The highest BCUT2D eigenvalue weighted by Crippen LogP contribution is 2.72. The van der Waals surface area contributed by atoms with Crippen LogP contribution in [0.1, 0.15) is 13.8 Å². The Labute approximate surface area is 109 Å². The molecule has 7 unspecified atom stereocenters. The highest BCUT2D eigenvalue weighted by molar-refractivity contribution is 6.24. The quantitative estimate of drug-likeness (QED) is 0.463. The molecule has 7 atom stereocenters. The molecule has 98 valence electrons. The van der Waals surface area contributed by atoms with E-state index in [9.17, 15) is 4.79 Å². The lowest BCUT2D eigenvalue weighted by molar-refractivity contribution is -0.220. The maximum atomic E-state index is 12.6. The molecule has 0 aromatic heterocycles. The number of hydrogen-bond acceptors (Lipinski definition) is 4. The Bertz CT molecular complexity index is 500. The summed E-state index contributed by atoms with van der Waals surface area (Å²) in [6, 6.07) is 0. The lowest BCUT2D eigenvalue weighted by atomic mass is 9.72. The second-order valence-corrected chi connectivity index (χ2v) is 6.73. The predicted octanol–water partition coefficient (Wildman–Crippen LogP) is 0.107. The predicted molar refractivity (Wildman–Crippen MR) is 60.1 cm³/mol. The summed E-state index contributed by atoms with van der Waals surface area (Å²) in [6.07, 6.45) is -0.0235. The van der Waals surface area contributed by atoms with E-state index < -0.39 is 16.9 Å². The zero-order chi connectivity index (χ0) is 12.5. The maximum absolute atomic E-state index is 12.6. The SMILES string of the molecule is CC12OC3(C4OC41)C(C(=O)N1CCOC13C)C2Cl. The first-order valence-corrected chi connectivity index (χ1v) is 6.85. The van der Waals surface area contributed by atoms with E-state index >= 15 is 0 Å². The zero-order valence-corrected chi connectivity index (χ0v) is 10.9. The van der Waals surface area contributed by atoms with Crippen LogP contribution in [0, 0.1) is 5.92 Å². The number of rotatable bonds is 0. The molecule has 2 bridgehead atoms. The van der Waals surface area contributed by atoms with Crippen LogP contribution in [0.25, 0.3) is 0 Å². The highest BCUT2D eigenvalue weighted by Gasteiger charge is 2.92.